The molecule has 0 spiro atoms. The highest BCUT2D eigenvalue weighted by atomic mass is 16.3. The van der Waals surface area contributed by atoms with E-state index in [9.17, 15) is 0 Å². The molecule has 0 aliphatic heterocycles. The van der Waals surface area contributed by atoms with Gasteiger partial charge in [-0.25, -0.2) is 0 Å². The third-order valence-electron chi connectivity index (χ3n) is 10.3. The van der Waals surface area contributed by atoms with Gasteiger partial charge in [0.05, 0.1) is 5.69 Å². The summed E-state index contributed by atoms with van der Waals surface area (Å²) >= 11 is 0. The molecule has 1 aromatic heterocycles. The van der Waals surface area contributed by atoms with Crippen LogP contribution in [-0.4, -0.2) is 0 Å². The summed E-state index contributed by atoms with van der Waals surface area (Å²) in [6.07, 6.45) is 0. The van der Waals surface area contributed by atoms with Crippen molar-refractivity contribution in [2.75, 3.05) is 4.90 Å². The maximum atomic E-state index is 6.49. The predicted octanol–water partition coefficient (Wildman–Crippen LogP) is 14.4. The molecule has 10 aromatic rings. The standard InChI is InChI=1S/C50H33NO/c1-2-12-34(13-3-1)38-17-10-18-41(32-38)51(40-28-24-37(25-29-40)43-22-11-16-35-14-4-6-19-42(35)43)48-23-9-8-20-44(48)39-27-31-49-47(33-39)46-30-26-36-15-5-7-21-45(36)50(46)52-49/h1-33H. The van der Waals surface area contributed by atoms with Gasteiger partial charge in [0, 0.05) is 33.1 Å². The number of rotatable bonds is 6. The molecule has 0 radical (unpaired) electrons. The molecule has 0 amide bonds. The fourth-order valence-corrected chi connectivity index (χ4v) is 7.73. The zero-order valence-electron chi connectivity index (χ0n) is 28.4. The predicted molar refractivity (Wildman–Crippen MR) is 220 cm³/mol. The maximum Gasteiger partial charge on any atom is 0.143 e. The number of benzene rings is 9. The van der Waals surface area contributed by atoms with E-state index in [2.05, 4.69) is 205 Å². The summed E-state index contributed by atoms with van der Waals surface area (Å²) in [5, 5.41) is 7.06. The number of furan rings is 1. The minimum absolute atomic E-state index is 0.893. The molecule has 0 unspecified atom stereocenters. The number of para-hydroxylation sites is 1. The van der Waals surface area contributed by atoms with Gasteiger partial charge in [0.15, 0.2) is 0 Å². The van der Waals surface area contributed by atoms with E-state index in [1.807, 2.05) is 0 Å². The van der Waals surface area contributed by atoms with E-state index in [4.69, 9.17) is 4.42 Å². The molecule has 0 bridgehead atoms. The van der Waals surface area contributed by atoms with Crippen molar-refractivity contribution < 1.29 is 4.42 Å². The van der Waals surface area contributed by atoms with Crippen molar-refractivity contribution in [3.8, 4) is 33.4 Å². The Hall–Kier alpha value is -6.90. The van der Waals surface area contributed by atoms with Gasteiger partial charge in [-0.3, -0.25) is 0 Å². The molecular formula is C50H33NO. The van der Waals surface area contributed by atoms with Gasteiger partial charge in [-0.2, -0.15) is 0 Å². The van der Waals surface area contributed by atoms with Crippen LogP contribution in [0.4, 0.5) is 17.1 Å². The third kappa shape index (κ3) is 5.12. The van der Waals surface area contributed by atoms with Gasteiger partial charge in [-0.15, -0.1) is 0 Å². The van der Waals surface area contributed by atoms with Crippen LogP contribution in [0.3, 0.4) is 0 Å². The molecule has 0 N–H and O–H groups in total. The van der Waals surface area contributed by atoms with Crippen LogP contribution in [0.5, 0.6) is 0 Å². The first-order chi connectivity index (χ1) is 25.8. The van der Waals surface area contributed by atoms with Crippen molar-refractivity contribution in [1.82, 2.24) is 0 Å². The van der Waals surface area contributed by atoms with E-state index in [1.54, 1.807) is 0 Å². The van der Waals surface area contributed by atoms with Gasteiger partial charge in [0.25, 0.3) is 0 Å². The van der Waals surface area contributed by atoms with E-state index in [1.165, 1.54) is 38.4 Å². The molecule has 52 heavy (non-hydrogen) atoms. The fraction of sp³-hybridized carbons (Fsp3) is 0. The fourth-order valence-electron chi connectivity index (χ4n) is 7.73. The second-order valence-corrected chi connectivity index (χ2v) is 13.3. The highest BCUT2D eigenvalue weighted by Gasteiger charge is 2.19. The Morgan fingerprint density at radius 1 is 0.327 bits per heavy atom. The van der Waals surface area contributed by atoms with E-state index in [-0.39, 0.29) is 0 Å². The van der Waals surface area contributed by atoms with Crippen LogP contribution >= 0.6 is 0 Å². The highest BCUT2D eigenvalue weighted by Crippen LogP contribution is 2.44. The smallest absolute Gasteiger partial charge is 0.143 e. The summed E-state index contributed by atoms with van der Waals surface area (Å²) in [6, 6.07) is 71.7. The van der Waals surface area contributed by atoms with Crippen molar-refractivity contribution >= 4 is 60.5 Å². The highest BCUT2D eigenvalue weighted by molar-refractivity contribution is 6.15. The Balaban J connectivity index is 1.14. The van der Waals surface area contributed by atoms with Crippen LogP contribution in [0.2, 0.25) is 0 Å². The molecule has 0 aliphatic carbocycles. The first-order valence-corrected chi connectivity index (χ1v) is 17.8. The molecule has 0 saturated carbocycles. The van der Waals surface area contributed by atoms with Crippen LogP contribution in [0.25, 0.3) is 76.9 Å². The van der Waals surface area contributed by atoms with E-state index >= 15 is 0 Å². The second kappa shape index (κ2) is 12.5. The quantitative estimate of drug-likeness (QED) is 0.176. The molecular weight excluding hydrogens is 631 g/mol. The van der Waals surface area contributed by atoms with E-state index < -0.39 is 0 Å². The lowest BCUT2D eigenvalue weighted by Gasteiger charge is -2.28. The van der Waals surface area contributed by atoms with Gasteiger partial charge in [0.1, 0.15) is 11.2 Å². The molecule has 0 atom stereocenters. The lowest BCUT2D eigenvalue weighted by molar-refractivity contribution is 0.672. The van der Waals surface area contributed by atoms with E-state index in [0.29, 0.717) is 0 Å². The van der Waals surface area contributed by atoms with Crippen LogP contribution in [0.1, 0.15) is 0 Å². The average molecular weight is 664 g/mol. The van der Waals surface area contributed by atoms with Gasteiger partial charge >= 0.3 is 0 Å². The topological polar surface area (TPSA) is 16.4 Å². The summed E-state index contributed by atoms with van der Waals surface area (Å²) in [5.41, 5.74) is 12.2. The number of fused-ring (bicyclic) bond motifs is 6. The Morgan fingerprint density at radius 2 is 0.981 bits per heavy atom. The lowest BCUT2D eigenvalue weighted by atomic mass is 9.97. The van der Waals surface area contributed by atoms with Gasteiger partial charge in [0.2, 0.25) is 0 Å². The number of nitrogens with zero attached hydrogens (tertiary/aromatic N) is 1. The molecule has 2 nitrogen and oxygen atoms in total. The summed E-state index contributed by atoms with van der Waals surface area (Å²) in [6.45, 7) is 0. The van der Waals surface area contributed by atoms with Gasteiger partial charge in [-0.1, -0.05) is 152 Å². The number of hydrogen-bond donors (Lipinski definition) is 0. The van der Waals surface area contributed by atoms with Gasteiger partial charge < -0.3 is 9.32 Å². The first kappa shape index (κ1) is 30.0. The number of anilines is 3. The lowest BCUT2D eigenvalue weighted by Crippen LogP contribution is -2.11. The van der Waals surface area contributed by atoms with Crippen LogP contribution in [0.15, 0.2) is 205 Å². The van der Waals surface area contributed by atoms with Crippen molar-refractivity contribution in [2.45, 2.75) is 0 Å². The molecule has 2 heteroatoms. The summed E-state index contributed by atoms with van der Waals surface area (Å²) in [7, 11) is 0. The van der Waals surface area contributed by atoms with Crippen molar-refractivity contribution in [1.29, 1.82) is 0 Å². The number of hydrogen-bond acceptors (Lipinski definition) is 2. The van der Waals surface area contributed by atoms with Crippen LogP contribution in [-0.2, 0) is 0 Å². The van der Waals surface area contributed by atoms with Crippen molar-refractivity contribution in [3.05, 3.63) is 200 Å². The van der Waals surface area contributed by atoms with Crippen LogP contribution in [0, 0.1) is 0 Å². The molecule has 10 rings (SSSR count). The summed E-state index contributed by atoms with van der Waals surface area (Å²) < 4.78 is 6.49. The molecule has 0 saturated heterocycles. The largest absolute Gasteiger partial charge is 0.455 e. The normalized spacial score (nSPS) is 11.5. The van der Waals surface area contributed by atoms with E-state index in [0.717, 1.165) is 55.5 Å². The van der Waals surface area contributed by atoms with Crippen molar-refractivity contribution in [3.63, 3.8) is 0 Å². The Bertz CT molecular complexity index is 2900. The Morgan fingerprint density at radius 3 is 1.85 bits per heavy atom. The Kier molecular flexibility index (Phi) is 7.18. The molecule has 244 valence electrons. The van der Waals surface area contributed by atoms with Crippen LogP contribution < -0.4 is 4.90 Å². The minimum Gasteiger partial charge on any atom is -0.455 e. The van der Waals surface area contributed by atoms with Crippen molar-refractivity contribution in [2.24, 2.45) is 0 Å². The minimum atomic E-state index is 0.893. The third-order valence-corrected chi connectivity index (χ3v) is 10.3. The summed E-state index contributed by atoms with van der Waals surface area (Å²) in [5.74, 6) is 0. The average Bonchev–Trinajstić information content (AvgIpc) is 3.60. The van der Waals surface area contributed by atoms with Gasteiger partial charge in [-0.05, 0) is 92.5 Å². The monoisotopic (exact) mass is 663 g/mol. The molecule has 9 aromatic carbocycles. The SMILES string of the molecule is c1ccc(-c2cccc(N(c3ccc(-c4cccc5ccccc45)cc3)c3ccccc3-c3ccc4oc5c6ccccc6ccc5c4c3)c2)cc1. The summed E-state index contributed by atoms with van der Waals surface area (Å²) in [4.78, 5) is 2.39. The Labute approximate surface area is 302 Å². The molecule has 1 heterocycles. The first-order valence-electron chi connectivity index (χ1n) is 17.8. The maximum absolute atomic E-state index is 6.49. The molecule has 0 fully saturated rings. The zero-order valence-corrected chi connectivity index (χ0v) is 28.4. The second-order valence-electron chi connectivity index (χ2n) is 13.3. The zero-order chi connectivity index (χ0) is 34.4. The molecule has 0 aliphatic rings.